The third-order valence-electron chi connectivity index (χ3n) is 2.13. The Morgan fingerprint density at radius 2 is 2.29 bits per heavy atom. The number of carbonyl (C=O) groups excluding carboxylic acids is 1. The van der Waals surface area contributed by atoms with Crippen LogP contribution in [0.4, 0.5) is 5.82 Å². The number of pyridine rings is 1. The molecule has 0 spiro atoms. The molecule has 1 heterocycles. The average molecular weight is 237 g/mol. The van der Waals surface area contributed by atoms with Crippen LogP contribution in [-0.4, -0.2) is 37.2 Å². The second kappa shape index (κ2) is 7.62. The molecule has 1 amide bonds. The molecule has 1 rings (SSSR count). The molecule has 0 fully saturated rings. The quantitative estimate of drug-likeness (QED) is 0.701. The first-order valence-electron chi connectivity index (χ1n) is 5.84. The van der Waals surface area contributed by atoms with Crippen LogP contribution >= 0.6 is 0 Å². The summed E-state index contributed by atoms with van der Waals surface area (Å²) in [5.74, 6) is 0.484. The Kier molecular flexibility index (Phi) is 6.03. The first-order chi connectivity index (χ1) is 8.29. The lowest BCUT2D eigenvalue weighted by atomic mass is 10.2. The van der Waals surface area contributed by atoms with Crippen LogP contribution in [0.1, 0.15) is 24.2 Å². The highest BCUT2D eigenvalue weighted by Gasteiger charge is 2.10. The zero-order chi connectivity index (χ0) is 12.5. The van der Waals surface area contributed by atoms with Gasteiger partial charge in [0.25, 0.3) is 5.91 Å². The van der Waals surface area contributed by atoms with Gasteiger partial charge in [-0.2, -0.15) is 0 Å². The Balaban J connectivity index is 2.55. The van der Waals surface area contributed by atoms with E-state index in [0.29, 0.717) is 31.1 Å². The molecule has 0 aliphatic rings. The van der Waals surface area contributed by atoms with Crippen molar-refractivity contribution in [2.45, 2.75) is 13.8 Å². The molecular formula is C12H19N3O2. The van der Waals surface area contributed by atoms with Crippen LogP contribution < -0.4 is 10.6 Å². The van der Waals surface area contributed by atoms with Crippen LogP contribution in [0.5, 0.6) is 0 Å². The maximum atomic E-state index is 11.9. The molecule has 0 aliphatic heterocycles. The molecule has 0 unspecified atom stereocenters. The highest BCUT2D eigenvalue weighted by atomic mass is 16.5. The minimum atomic E-state index is -0.131. The number of hydrogen-bond donors (Lipinski definition) is 2. The van der Waals surface area contributed by atoms with E-state index in [1.807, 2.05) is 13.8 Å². The van der Waals surface area contributed by atoms with E-state index >= 15 is 0 Å². The molecule has 2 N–H and O–H groups in total. The summed E-state index contributed by atoms with van der Waals surface area (Å²) in [6.45, 7) is 6.31. The maximum absolute atomic E-state index is 11.9. The summed E-state index contributed by atoms with van der Waals surface area (Å²) in [5, 5.41) is 5.84. The zero-order valence-corrected chi connectivity index (χ0v) is 10.3. The normalized spacial score (nSPS) is 10.0. The summed E-state index contributed by atoms with van der Waals surface area (Å²) < 4.78 is 5.15. The van der Waals surface area contributed by atoms with E-state index in [9.17, 15) is 4.79 Å². The van der Waals surface area contributed by atoms with Gasteiger partial charge in [0, 0.05) is 25.9 Å². The van der Waals surface area contributed by atoms with Crippen molar-refractivity contribution in [1.82, 2.24) is 10.3 Å². The summed E-state index contributed by atoms with van der Waals surface area (Å²) in [6, 6.07) is 3.50. The van der Waals surface area contributed by atoms with Gasteiger partial charge in [-0.15, -0.1) is 0 Å². The number of nitrogens with one attached hydrogen (secondary N) is 2. The van der Waals surface area contributed by atoms with Gasteiger partial charge in [0.1, 0.15) is 5.82 Å². The molecule has 0 saturated heterocycles. The van der Waals surface area contributed by atoms with Crippen molar-refractivity contribution in [3.05, 3.63) is 23.9 Å². The van der Waals surface area contributed by atoms with Gasteiger partial charge < -0.3 is 15.4 Å². The largest absolute Gasteiger partial charge is 0.380 e. The highest BCUT2D eigenvalue weighted by Crippen LogP contribution is 2.10. The summed E-state index contributed by atoms with van der Waals surface area (Å²) >= 11 is 0. The molecule has 0 aromatic carbocycles. The number of anilines is 1. The third-order valence-corrected chi connectivity index (χ3v) is 2.13. The Hall–Kier alpha value is -1.62. The predicted molar refractivity (Wildman–Crippen MR) is 67.2 cm³/mol. The van der Waals surface area contributed by atoms with Crippen molar-refractivity contribution in [2.75, 3.05) is 31.6 Å². The molecule has 0 radical (unpaired) electrons. The first kappa shape index (κ1) is 13.4. The fraction of sp³-hybridized carbons (Fsp3) is 0.500. The molecule has 0 atom stereocenters. The molecular weight excluding hydrogens is 218 g/mol. The van der Waals surface area contributed by atoms with Crippen molar-refractivity contribution in [3.8, 4) is 0 Å². The Morgan fingerprint density at radius 1 is 1.47 bits per heavy atom. The van der Waals surface area contributed by atoms with Gasteiger partial charge >= 0.3 is 0 Å². The number of rotatable bonds is 7. The fourth-order valence-electron chi connectivity index (χ4n) is 1.37. The topological polar surface area (TPSA) is 63.2 Å². The number of nitrogens with zero attached hydrogens (tertiary/aromatic N) is 1. The number of amides is 1. The van der Waals surface area contributed by atoms with Crippen molar-refractivity contribution < 1.29 is 9.53 Å². The lowest BCUT2D eigenvalue weighted by molar-refractivity contribution is 0.0923. The number of ether oxygens (including phenoxy) is 1. The molecule has 0 saturated carbocycles. The van der Waals surface area contributed by atoms with E-state index in [-0.39, 0.29) is 5.91 Å². The molecule has 17 heavy (non-hydrogen) atoms. The van der Waals surface area contributed by atoms with Gasteiger partial charge in [0.2, 0.25) is 0 Å². The van der Waals surface area contributed by atoms with Crippen molar-refractivity contribution in [2.24, 2.45) is 0 Å². The standard InChI is InChI=1S/C12H19N3O2/c1-3-13-11-10(6-5-7-14-11)12(16)15-8-9-17-4-2/h5-7H,3-4,8-9H2,1-2H3,(H,13,14)(H,15,16). The molecule has 94 valence electrons. The van der Waals surface area contributed by atoms with Gasteiger partial charge in [0.15, 0.2) is 0 Å². The predicted octanol–water partition coefficient (Wildman–Crippen LogP) is 1.28. The summed E-state index contributed by atoms with van der Waals surface area (Å²) in [7, 11) is 0. The van der Waals surface area contributed by atoms with E-state index in [4.69, 9.17) is 4.74 Å². The van der Waals surface area contributed by atoms with Gasteiger partial charge in [-0.3, -0.25) is 4.79 Å². The fourth-order valence-corrected chi connectivity index (χ4v) is 1.37. The van der Waals surface area contributed by atoms with Gasteiger partial charge in [0.05, 0.1) is 12.2 Å². The van der Waals surface area contributed by atoms with E-state index < -0.39 is 0 Å². The minimum Gasteiger partial charge on any atom is -0.380 e. The second-order valence-corrected chi connectivity index (χ2v) is 3.38. The molecule has 5 nitrogen and oxygen atoms in total. The summed E-state index contributed by atoms with van der Waals surface area (Å²) in [6.07, 6.45) is 1.66. The van der Waals surface area contributed by atoms with Crippen molar-refractivity contribution in [1.29, 1.82) is 0 Å². The van der Waals surface area contributed by atoms with E-state index in [1.165, 1.54) is 0 Å². The summed E-state index contributed by atoms with van der Waals surface area (Å²) in [4.78, 5) is 16.0. The maximum Gasteiger partial charge on any atom is 0.255 e. The van der Waals surface area contributed by atoms with Gasteiger partial charge in [-0.25, -0.2) is 4.98 Å². The van der Waals surface area contributed by atoms with E-state index in [1.54, 1.807) is 18.3 Å². The lowest BCUT2D eigenvalue weighted by Gasteiger charge is -2.09. The smallest absolute Gasteiger partial charge is 0.255 e. The van der Waals surface area contributed by atoms with Gasteiger partial charge in [-0.05, 0) is 26.0 Å². The Labute approximate surface area is 102 Å². The van der Waals surface area contributed by atoms with Crippen LogP contribution in [0.25, 0.3) is 0 Å². The van der Waals surface area contributed by atoms with E-state index in [2.05, 4.69) is 15.6 Å². The molecule has 1 aromatic heterocycles. The van der Waals surface area contributed by atoms with Crippen LogP contribution in [-0.2, 0) is 4.74 Å². The zero-order valence-electron chi connectivity index (χ0n) is 10.3. The average Bonchev–Trinajstić information content (AvgIpc) is 2.35. The van der Waals surface area contributed by atoms with Crippen LogP contribution in [0.15, 0.2) is 18.3 Å². The number of aromatic nitrogens is 1. The monoisotopic (exact) mass is 237 g/mol. The first-order valence-corrected chi connectivity index (χ1v) is 5.84. The lowest BCUT2D eigenvalue weighted by Crippen LogP contribution is -2.28. The molecule has 0 bridgehead atoms. The molecule has 1 aromatic rings. The number of hydrogen-bond acceptors (Lipinski definition) is 4. The second-order valence-electron chi connectivity index (χ2n) is 3.38. The summed E-state index contributed by atoms with van der Waals surface area (Å²) in [5.41, 5.74) is 0.561. The van der Waals surface area contributed by atoms with Crippen molar-refractivity contribution >= 4 is 11.7 Å². The molecule has 0 aliphatic carbocycles. The Morgan fingerprint density at radius 3 is 3.00 bits per heavy atom. The third kappa shape index (κ3) is 4.40. The van der Waals surface area contributed by atoms with Crippen LogP contribution in [0.3, 0.4) is 0 Å². The Bertz CT molecular complexity index is 355. The van der Waals surface area contributed by atoms with E-state index in [0.717, 1.165) is 6.54 Å². The van der Waals surface area contributed by atoms with Crippen LogP contribution in [0, 0.1) is 0 Å². The number of carbonyl (C=O) groups is 1. The minimum absolute atomic E-state index is 0.131. The van der Waals surface area contributed by atoms with Crippen LogP contribution in [0.2, 0.25) is 0 Å². The SMILES string of the molecule is CCNc1ncccc1C(=O)NCCOCC. The molecule has 5 heteroatoms. The highest BCUT2D eigenvalue weighted by molar-refractivity contribution is 5.98. The van der Waals surface area contributed by atoms with Crippen molar-refractivity contribution in [3.63, 3.8) is 0 Å². The van der Waals surface area contributed by atoms with Gasteiger partial charge in [-0.1, -0.05) is 0 Å².